The van der Waals surface area contributed by atoms with Gasteiger partial charge in [-0.2, -0.15) is 0 Å². The van der Waals surface area contributed by atoms with Crippen molar-refractivity contribution in [2.24, 2.45) is 0 Å². The van der Waals surface area contributed by atoms with Gasteiger partial charge in [0.25, 0.3) is 0 Å². The maximum atomic E-state index is 10.9. The molecule has 4 nitrogen and oxygen atoms in total. The number of hydrogen-bond acceptors (Lipinski definition) is 2. The number of likely N-dealkylation sites (tertiary alicyclic amines) is 1. The van der Waals surface area contributed by atoms with Crippen molar-refractivity contribution < 1.29 is 14.3 Å². The molecule has 1 aromatic carbocycles. The van der Waals surface area contributed by atoms with Crippen LogP contribution in [0.3, 0.4) is 0 Å². The second-order valence-corrected chi connectivity index (χ2v) is 12.6. The lowest BCUT2D eigenvalue weighted by atomic mass is 9.91. The minimum Gasteiger partial charge on any atom is -0.543 e. The summed E-state index contributed by atoms with van der Waals surface area (Å²) in [6.45, 7) is 12.0. The molecule has 122 valence electrons. The van der Waals surface area contributed by atoms with Crippen LogP contribution >= 0.6 is 11.6 Å². The third-order valence-corrected chi connectivity index (χ3v) is 9.31. The van der Waals surface area contributed by atoms with Gasteiger partial charge < -0.3 is 14.4 Å². The molecule has 1 N–H and O–H groups in total. The SMILES string of the molecule is CC(C)(C)[Si](C)(C)Oc1ccc(Cl)cc1C1CN(C(=O)O)C1. The minimum atomic E-state index is -1.94. The fourth-order valence-electron chi connectivity index (χ4n) is 2.19. The lowest BCUT2D eigenvalue weighted by Crippen LogP contribution is -2.48. The van der Waals surface area contributed by atoms with Crippen LogP contribution in [0.4, 0.5) is 4.79 Å². The van der Waals surface area contributed by atoms with E-state index in [-0.39, 0.29) is 11.0 Å². The Morgan fingerprint density at radius 2 is 1.95 bits per heavy atom. The first-order valence-electron chi connectivity index (χ1n) is 7.47. The summed E-state index contributed by atoms with van der Waals surface area (Å²) in [4.78, 5) is 12.4. The summed E-state index contributed by atoms with van der Waals surface area (Å²) >= 11 is 6.13. The summed E-state index contributed by atoms with van der Waals surface area (Å²) in [5, 5.41) is 9.76. The molecule has 0 spiro atoms. The Hall–Kier alpha value is -1.20. The zero-order valence-electron chi connectivity index (χ0n) is 13.8. The van der Waals surface area contributed by atoms with Gasteiger partial charge in [0, 0.05) is 29.6 Å². The molecule has 6 heteroatoms. The molecule has 0 bridgehead atoms. The maximum Gasteiger partial charge on any atom is 0.407 e. The monoisotopic (exact) mass is 341 g/mol. The fraction of sp³-hybridized carbons (Fsp3) is 0.562. The maximum absolute atomic E-state index is 10.9. The Morgan fingerprint density at radius 3 is 2.45 bits per heavy atom. The van der Waals surface area contributed by atoms with Crippen LogP contribution in [0.2, 0.25) is 23.2 Å². The van der Waals surface area contributed by atoms with E-state index in [1.54, 1.807) is 0 Å². The summed E-state index contributed by atoms with van der Waals surface area (Å²) in [7, 11) is -1.94. The Labute approximate surface area is 138 Å². The fourth-order valence-corrected chi connectivity index (χ4v) is 3.41. The smallest absolute Gasteiger partial charge is 0.407 e. The molecule has 0 unspecified atom stereocenters. The number of hydrogen-bond donors (Lipinski definition) is 1. The Kier molecular flexibility index (Phi) is 4.50. The van der Waals surface area contributed by atoms with Crippen molar-refractivity contribution in [3.63, 3.8) is 0 Å². The molecule has 0 saturated carbocycles. The lowest BCUT2D eigenvalue weighted by molar-refractivity contribution is 0.105. The second kappa shape index (κ2) is 5.78. The summed E-state index contributed by atoms with van der Waals surface area (Å²) in [6, 6.07) is 5.66. The van der Waals surface area contributed by atoms with Gasteiger partial charge in [0.15, 0.2) is 0 Å². The van der Waals surface area contributed by atoms with Gasteiger partial charge in [0.1, 0.15) is 5.75 Å². The molecule has 1 aromatic rings. The van der Waals surface area contributed by atoms with Gasteiger partial charge in [-0.3, -0.25) is 0 Å². The van der Waals surface area contributed by atoms with Crippen LogP contribution in [0.5, 0.6) is 5.75 Å². The van der Waals surface area contributed by atoms with Crippen molar-refractivity contribution >= 4 is 26.0 Å². The van der Waals surface area contributed by atoms with Gasteiger partial charge in [-0.05, 0) is 36.3 Å². The average Bonchev–Trinajstić information content (AvgIpc) is 2.28. The summed E-state index contributed by atoms with van der Waals surface area (Å²) in [5.74, 6) is 1.01. The number of carboxylic acid groups (broad SMARTS) is 1. The van der Waals surface area contributed by atoms with E-state index >= 15 is 0 Å². The van der Waals surface area contributed by atoms with E-state index in [4.69, 9.17) is 21.1 Å². The molecule has 1 aliphatic rings. The third-order valence-electron chi connectivity index (χ3n) is 4.74. The third kappa shape index (κ3) is 3.41. The van der Waals surface area contributed by atoms with Crippen molar-refractivity contribution in [2.75, 3.05) is 13.1 Å². The van der Waals surface area contributed by atoms with Crippen LogP contribution in [0, 0.1) is 0 Å². The van der Waals surface area contributed by atoms with Crippen molar-refractivity contribution in [1.82, 2.24) is 4.90 Å². The summed E-state index contributed by atoms with van der Waals surface area (Å²) < 4.78 is 6.42. The first kappa shape index (κ1) is 17.2. The standard InChI is InChI=1S/C16H24ClNO3Si/c1-16(2,3)22(4,5)21-14-7-6-12(17)8-13(14)11-9-18(10-11)15(19)20/h6-8,11H,9-10H2,1-5H3,(H,19,20). The molecule has 1 heterocycles. The zero-order chi connectivity index (χ0) is 16.7. The predicted molar refractivity (Wildman–Crippen MR) is 91.6 cm³/mol. The van der Waals surface area contributed by atoms with Gasteiger partial charge in [0.05, 0.1) is 0 Å². The van der Waals surface area contributed by atoms with Crippen molar-refractivity contribution in [1.29, 1.82) is 0 Å². The van der Waals surface area contributed by atoms with E-state index in [2.05, 4.69) is 33.9 Å². The first-order valence-corrected chi connectivity index (χ1v) is 10.8. The van der Waals surface area contributed by atoms with Gasteiger partial charge in [0.2, 0.25) is 8.32 Å². The van der Waals surface area contributed by atoms with Crippen LogP contribution in [-0.4, -0.2) is 37.5 Å². The van der Waals surface area contributed by atoms with E-state index in [9.17, 15) is 4.79 Å². The highest BCUT2D eigenvalue weighted by Crippen LogP contribution is 2.41. The topological polar surface area (TPSA) is 49.8 Å². The molecule has 1 fully saturated rings. The van der Waals surface area contributed by atoms with Crippen molar-refractivity contribution in [3.8, 4) is 5.75 Å². The Bertz CT molecular complexity index is 577. The van der Waals surface area contributed by atoms with E-state index in [0.29, 0.717) is 18.1 Å². The number of benzene rings is 1. The highest BCUT2D eigenvalue weighted by Gasteiger charge is 2.40. The van der Waals surface area contributed by atoms with Gasteiger partial charge in [-0.15, -0.1) is 0 Å². The van der Waals surface area contributed by atoms with E-state index in [1.165, 1.54) is 4.90 Å². The molecule has 2 rings (SSSR count). The molecule has 1 aliphatic heterocycles. The summed E-state index contributed by atoms with van der Waals surface area (Å²) in [5.41, 5.74) is 1.02. The van der Waals surface area contributed by atoms with Gasteiger partial charge in [-0.25, -0.2) is 4.79 Å². The Balaban J connectivity index is 2.25. The molecule has 0 aromatic heterocycles. The number of carbonyl (C=O) groups is 1. The van der Waals surface area contributed by atoms with Crippen molar-refractivity contribution in [2.45, 2.75) is 44.8 Å². The molecule has 1 saturated heterocycles. The van der Waals surface area contributed by atoms with Crippen LogP contribution < -0.4 is 4.43 Å². The molecule has 0 atom stereocenters. The molecule has 0 radical (unpaired) electrons. The lowest BCUT2D eigenvalue weighted by Gasteiger charge is -2.41. The number of rotatable bonds is 3. The number of halogens is 1. The van der Waals surface area contributed by atoms with Crippen LogP contribution in [0.25, 0.3) is 0 Å². The predicted octanol–water partition coefficient (Wildman–Crippen LogP) is 4.80. The van der Waals surface area contributed by atoms with E-state index in [0.717, 1.165) is 11.3 Å². The van der Waals surface area contributed by atoms with Gasteiger partial charge >= 0.3 is 6.09 Å². The molecular formula is C16H24ClNO3Si. The number of amides is 1. The van der Waals surface area contributed by atoms with E-state index < -0.39 is 14.4 Å². The van der Waals surface area contributed by atoms with Crippen LogP contribution in [0.1, 0.15) is 32.3 Å². The first-order chi connectivity index (χ1) is 10.0. The largest absolute Gasteiger partial charge is 0.543 e. The van der Waals surface area contributed by atoms with Crippen LogP contribution in [0.15, 0.2) is 18.2 Å². The highest BCUT2D eigenvalue weighted by molar-refractivity contribution is 6.74. The van der Waals surface area contributed by atoms with Crippen molar-refractivity contribution in [3.05, 3.63) is 28.8 Å². The molecular weight excluding hydrogens is 318 g/mol. The highest BCUT2D eigenvalue weighted by atomic mass is 35.5. The van der Waals surface area contributed by atoms with E-state index in [1.807, 2.05) is 18.2 Å². The molecule has 0 aliphatic carbocycles. The second-order valence-electron chi connectivity index (χ2n) is 7.43. The summed E-state index contributed by atoms with van der Waals surface area (Å²) in [6.07, 6.45) is -0.870. The quantitative estimate of drug-likeness (QED) is 0.803. The van der Waals surface area contributed by atoms with Gasteiger partial charge in [-0.1, -0.05) is 32.4 Å². The average molecular weight is 342 g/mol. The normalized spacial score (nSPS) is 16.4. The van der Waals surface area contributed by atoms with Crippen LogP contribution in [-0.2, 0) is 0 Å². The number of nitrogens with zero attached hydrogens (tertiary/aromatic N) is 1. The Morgan fingerprint density at radius 1 is 1.36 bits per heavy atom. The minimum absolute atomic E-state index is 0.108. The molecule has 1 amide bonds. The molecule has 22 heavy (non-hydrogen) atoms. The zero-order valence-corrected chi connectivity index (χ0v) is 15.6.